The number of hydrazine groups is 1. The van der Waals surface area contributed by atoms with Gasteiger partial charge in [0.2, 0.25) is 5.96 Å². The molecule has 0 radical (unpaired) electrons. The smallest absolute Gasteiger partial charge is 0.208 e. The molecule has 4 nitrogen and oxygen atoms in total. The van der Waals surface area contributed by atoms with Crippen molar-refractivity contribution in [1.29, 1.82) is 0 Å². The van der Waals surface area contributed by atoms with E-state index < -0.39 is 0 Å². The van der Waals surface area contributed by atoms with E-state index in [0.717, 1.165) is 31.9 Å². The van der Waals surface area contributed by atoms with Gasteiger partial charge < -0.3 is 4.90 Å². The first-order valence-corrected chi connectivity index (χ1v) is 7.53. The number of aliphatic imine (C=N–C) groups is 1. The van der Waals surface area contributed by atoms with Crippen molar-refractivity contribution in [3.8, 4) is 0 Å². The standard InChI is InChI=1S/C13H22N4S/c1-2-3-8-15-13(16-14)17(11-6-7-11)10-12-5-4-9-18-12/h4-5,9,11H,2-3,6-8,10,14H2,1H3,(H,15,16). The molecular formula is C13H22N4S. The molecule has 2 rings (SSSR count). The van der Waals surface area contributed by atoms with Gasteiger partial charge in [0.1, 0.15) is 0 Å². The molecule has 1 aliphatic carbocycles. The van der Waals surface area contributed by atoms with Gasteiger partial charge in [-0.25, -0.2) is 5.84 Å². The second-order valence-corrected chi connectivity index (χ2v) is 5.67. The summed E-state index contributed by atoms with van der Waals surface area (Å²) >= 11 is 1.79. The number of unbranched alkanes of at least 4 members (excludes halogenated alkanes) is 1. The van der Waals surface area contributed by atoms with Gasteiger partial charge in [0.15, 0.2) is 0 Å². The summed E-state index contributed by atoms with van der Waals surface area (Å²) in [5.74, 6) is 6.48. The second kappa shape index (κ2) is 6.75. The molecular weight excluding hydrogens is 244 g/mol. The van der Waals surface area contributed by atoms with Crippen LogP contribution in [0, 0.1) is 0 Å². The van der Waals surface area contributed by atoms with Crippen molar-refractivity contribution < 1.29 is 0 Å². The molecule has 1 fully saturated rings. The molecule has 0 saturated heterocycles. The van der Waals surface area contributed by atoms with Gasteiger partial charge in [0.25, 0.3) is 0 Å². The Morgan fingerprint density at radius 3 is 3.00 bits per heavy atom. The van der Waals surface area contributed by atoms with Crippen molar-refractivity contribution in [2.75, 3.05) is 6.54 Å². The summed E-state index contributed by atoms with van der Waals surface area (Å²) in [5, 5.41) is 2.12. The van der Waals surface area contributed by atoms with Gasteiger partial charge >= 0.3 is 0 Å². The summed E-state index contributed by atoms with van der Waals surface area (Å²) in [6.45, 7) is 3.94. The van der Waals surface area contributed by atoms with Crippen molar-refractivity contribution in [3.63, 3.8) is 0 Å². The molecule has 1 aromatic heterocycles. The summed E-state index contributed by atoms with van der Waals surface area (Å²) < 4.78 is 0. The number of rotatable bonds is 6. The van der Waals surface area contributed by atoms with Crippen LogP contribution in [-0.2, 0) is 6.54 Å². The molecule has 0 aromatic carbocycles. The third-order valence-corrected chi connectivity index (χ3v) is 3.93. The Labute approximate surface area is 113 Å². The Morgan fingerprint density at radius 2 is 2.44 bits per heavy atom. The fourth-order valence-electron chi connectivity index (χ4n) is 1.90. The van der Waals surface area contributed by atoms with Gasteiger partial charge in [0.05, 0.1) is 6.54 Å². The van der Waals surface area contributed by atoms with Crippen LogP contribution in [0.4, 0.5) is 0 Å². The molecule has 0 aliphatic heterocycles. The van der Waals surface area contributed by atoms with Crippen molar-refractivity contribution in [3.05, 3.63) is 22.4 Å². The zero-order valence-corrected chi connectivity index (χ0v) is 11.7. The molecule has 0 bridgehead atoms. The van der Waals surface area contributed by atoms with Crippen molar-refractivity contribution >= 4 is 17.3 Å². The highest BCUT2D eigenvalue weighted by Crippen LogP contribution is 2.29. The van der Waals surface area contributed by atoms with E-state index in [2.05, 4.69) is 39.8 Å². The molecule has 1 saturated carbocycles. The molecule has 0 amide bonds. The number of guanidine groups is 1. The van der Waals surface area contributed by atoms with E-state index >= 15 is 0 Å². The molecule has 5 heteroatoms. The fraction of sp³-hybridized carbons (Fsp3) is 0.615. The zero-order chi connectivity index (χ0) is 12.8. The number of nitrogens with one attached hydrogen (secondary N) is 1. The fourth-order valence-corrected chi connectivity index (χ4v) is 2.60. The Balaban J connectivity index is 2.00. The lowest BCUT2D eigenvalue weighted by Crippen LogP contribution is -2.45. The minimum absolute atomic E-state index is 0.614. The predicted molar refractivity (Wildman–Crippen MR) is 77.4 cm³/mol. The van der Waals surface area contributed by atoms with Crippen LogP contribution >= 0.6 is 11.3 Å². The van der Waals surface area contributed by atoms with Crippen LogP contribution in [0.5, 0.6) is 0 Å². The van der Waals surface area contributed by atoms with Gasteiger partial charge in [-0.2, -0.15) is 0 Å². The van der Waals surface area contributed by atoms with E-state index in [9.17, 15) is 0 Å². The van der Waals surface area contributed by atoms with Crippen molar-refractivity contribution in [2.24, 2.45) is 10.8 Å². The maximum absolute atomic E-state index is 5.63. The third kappa shape index (κ3) is 3.71. The highest BCUT2D eigenvalue weighted by atomic mass is 32.1. The van der Waals surface area contributed by atoms with Crippen LogP contribution in [0.2, 0.25) is 0 Å². The first kappa shape index (κ1) is 13.4. The van der Waals surface area contributed by atoms with Gasteiger partial charge in [-0.15, -0.1) is 11.3 Å². The minimum Gasteiger partial charge on any atom is -0.334 e. The van der Waals surface area contributed by atoms with E-state index in [-0.39, 0.29) is 0 Å². The highest BCUT2D eigenvalue weighted by molar-refractivity contribution is 7.09. The molecule has 3 N–H and O–H groups in total. The number of nitrogens with two attached hydrogens (primary N) is 1. The third-order valence-electron chi connectivity index (χ3n) is 3.07. The van der Waals surface area contributed by atoms with Gasteiger partial charge in [-0.05, 0) is 30.7 Å². The van der Waals surface area contributed by atoms with Gasteiger partial charge in [-0.3, -0.25) is 10.4 Å². The topological polar surface area (TPSA) is 53.6 Å². The number of hydrogen-bond donors (Lipinski definition) is 2. The molecule has 100 valence electrons. The average molecular weight is 266 g/mol. The van der Waals surface area contributed by atoms with E-state index in [1.807, 2.05) is 0 Å². The lowest BCUT2D eigenvalue weighted by atomic mass is 10.3. The summed E-state index contributed by atoms with van der Waals surface area (Å²) in [5.41, 5.74) is 2.78. The largest absolute Gasteiger partial charge is 0.334 e. The summed E-state index contributed by atoms with van der Waals surface area (Å²) in [6.07, 6.45) is 4.78. The van der Waals surface area contributed by atoms with E-state index in [1.54, 1.807) is 11.3 Å². The Morgan fingerprint density at radius 1 is 1.61 bits per heavy atom. The molecule has 1 aromatic rings. The SMILES string of the molecule is CCCCN=C(NN)N(Cc1cccs1)C1CC1. The lowest BCUT2D eigenvalue weighted by Gasteiger charge is -2.25. The Bertz CT molecular complexity index is 370. The monoisotopic (exact) mass is 266 g/mol. The summed E-state index contributed by atoms with van der Waals surface area (Å²) in [7, 11) is 0. The lowest BCUT2D eigenvalue weighted by molar-refractivity contribution is 0.389. The normalized spacial score (nSPS) is 15.8. The Hall–Kier alpha value is -1.07. The molecule has 1 heterocycles. The van der Waals surface area contributed by atoms with Crippen LogP contribution in [0.15, 0.2) is 22.5 Å². The van der Waals surface area contributed by atoms with Gasteiger partial charge in [0, 0.05) is 17.5 Å². The molecule has 0 unspecified atom stereocenters. The van der Waals surface area contributed by atoms with E-state index in [1.165, 1.54) is 17.7 Å². The molecule has 1 aliphatic rings. The van der Waals surface area contributed by atoms with Crippen LogP contribution in [-0.4, -0.2) is 23.4 Å². The quantitative estimate of drug-likeness (QED) is 0.273. The van der Waals surface area contributed by atoms with Crippen molar-refractivity contribution in [1.82, 2.24) is 10.3 Å². The molecule has 0 atom stereocenters. The van der Waals surface area contributed by atoms with Crippen LogP contribution in [0.25, 0.3) is 0 Å². The molecule has 18 heavy (non-hydrogen) atoms. The highest BCUT2D eigenvalue weighted by Gasteiger charge is 2.31. The average Bonchev–Trinajstić information content (AvgIpc) is 3.10. The van der Waals surface area contributed by atoms with E-state index in [0.29, 0.717) is 6.04 Å². The van der Waals surface area contributed by atoms with E-state index in [4.69, 9.17) is 5.84 Å². The second-order valence-electron chi connectivity index (χ2n) is 4.64. The minimum atomic E-state index is 0.614. The Kier molecular flexibility index (Phi) is 5.01. The number of thiophene rings is 1. The first-order chi connectivity index (χ1) is 8.85. The summed E-state index contributed by atoms with van der Waals surface area (Å²) in [6, 6.07) is 4.87. The molecule has 0 spiro atoms. The predicted octanol–water partition coefficient (Wildman–Crippen LogP) is 2.33. The van der Waals surface area contributed by atoms with Crippen molar-refractivity contribution in [2.45, 2.75) is 45.2 Å². The zero-order valence-electron chi connectivity index (χ0n) is 10.9. The first-order valence-electron chi connectivity index (χ1n) is 6.65. The van der Waals surface area contributed by atoms with Crippen LogP contribution < -0.4 is 11.3 Å². The summed E-state index contributed by atoms with van der Waals surface area (Å²) in [4.78, 5) is 8.25. The maximum atomic E-state index is 5.63. The maximum Gasteiger partial charge on any atom is 0.208 e. The van der Waals surface area contributed by atoms with Gasteiger partial charge in [-0.1, -0.05) is 19.4 Å². The number of nitrogens with zero attached hydrogens (tertiary/aromatic N) is 2. The number of hydrogen-bond acceptors (Lipinski definition) is 3. The van der Waals surface area contributed by atoms with Crippen LogP contribution in [0.1, 0.15) is 37.5 Å². The van der Waals surface area contributed by atoms with Crippen LogP contribution in [0.3, 0.4) is 0 Å².